The number of likely N-dealkylation sites (tertiary alicyclic amines) is 1. The summed E-state index contributed by atoms with van der Waals surface area (Å²) in [6.07, 6.45) is 3.46. The summed E-state index contributed by atoms with van der Waals surface area (Å²) >= 11 is 1.67. The van der Waals surface area contributed by atoms with Gasteiger partial charge in [0.2, 0.25) is 0 Å². The Balaban J connectivity index is 1.91. The zero-order chi connectivity index (χ0) is 12.7. The first-order chi connectivity index (χ1) is 8.66. The first kappa shape index (κ1) is 11.8. The summed E-state index contributed by atoms with van der Waals surface area (Å²) in [5.41, 5.74) is 1.80. The molecule has 0 aromatic carbocycles. The molecule has 3 nitrogen and oxygen atoms in total. The molecule has 0 saturated carbocycles. The molecular formula is C14H18N2OS. The van der Waals surface area contributed by atoms with E-state index in [1.807, 2.05) is 22.4 Å². The smallest absolute Gasteiger partial charge is 0.270 e. The second-order valence-electron chi connectivity index (χ2n) is 5.22. The number of nitrogens with zero attached hydrogens (tertiary/aromatic N) is 1. The number of carbonyl (C=O) groups excluding carboxylic acids is 1. The first-order valence-electron chi connectivity index (χ1n) is 6.55. The Morgan fingerprint density at radius 3 is 2.78 bits per heavy atom. The van der Waals surface area contributed by atoms with Crippen LogP contribution in [0.2, 0.25) is 0 Å². The van der Waals surface area contributed by atoms with E-state index in [2.05, 4.69) is 18.8 Å². The fourth-order valence-electron chi connectivity index (χ4n) is 2.92. The number of rotatable bonds is 1. The molecule has 0 bridgehead atoms. The van der Waals surface area contributed by atoms with Crippen molar-refractivity contribution in [2.75, 3.05) is 0 Å². The van der Waals surface area contributed by atoms with E-state index in [-0.39, 0.29) is 5.91 Å². The molecule has 1 aliphatic rings. The maximum atomic E-state index is 12.6. The number of aromatic amines is 1. The third kappa shape index (κ3) is 1.85. The van der Waals surface area contributed by atoms with E-state index in [1.54, 1.807) is 11.3 Å². The van der Waals surface area contributed by atoms with Crippen LogP contribution >= 0.6 is 11.3 Å². The highest BCUT2D eigenvalue weighted by Crippen LogP contribution is 2.27. The molecule has 96 valence electrons. The van der Waals surface area contributed by atoms with Gasteiger partial charge in [0.25, 0.3) is 5.91 Å². The predicted octanol–water partition coefficient (Wildman–Crippen LogP) is 3.63. The fraction of sp³-hybridized carbons (Fsp3) is 0.500. The zero-order valence-electron chi connectivity index (χ0n) is 10.8. The molecule has 3 rings (SSSR count). The van der Waals surface area contributed by atoms with Crippen LogP contribution in [0, 0.1) is 0 Å². The molecule has 18 heavy (non-hydrogen) atoms. The van der Waals surface area contributed by atoms with E-state index in [4.69, 9.17) is 0 Å². The van der Waals surface area contributed by atoms with Crippen molar-refractivity contribution in [2.45, 2.75) is 45.2 Å². The van der Waals surface area contributed by atoms with Crippen molar-refractivity contribution in [1.82, 2.24) is 9.88 Å². The van der Waals surface area contributed by atoms with E-state index >= 15 is 0 Å². The molecule has 0 aliphatic carbocycles. The number of amides is 1. The van der Waals surface area contributed by atoms with Gasteiger partial charge in [-0.3, -0.25) is 4.79 Å². The number of nitrogens with one attached hydrogen (secondary N) is 1. The summed E-state index contributed by atoms with van der Waals surface area (Å²) in [4.78, 5) is 17.9. The SMILES string of the molecule is CC1CCCC(C)N1C(=O)c1cc2sccc2[nH]1. The Morgan fingerprint density at radius 2 is 2.11 bits per heavy atom. The van der Waals surface area contributed by atoms with Gasteiger partial charge in [-0.25, -0.2) is 0 Å². The van der Waals surface area contributed by atoms with Gasteiger partial charge >= 0.3 is 0 Å². The highest BCUT2D eigenvalue weighted by molar-refractivity contribution is 7.17. The minimum Gasteiger partial charge on any atom is -0.350 e. The molecule has 2 unspecified atom stereocenters. The third-order valence-electron chi connectivity index (χ3n) is 3.90. The third-order valence-corrected chi connectivity index (χ3v) is 4.76. The maximum absolute atomic E-state index is 12.6. The van der Waals surface area contributed by atoms with E-state index in [1.165, 1.54) is 6.42 Å². The van der Waals surface area contributed by atoms with Crippen LogP contribution in [-0.2, 0) is 0 Å². The van der Waals surface area contributed by atoms with Gasteiger partial charge in [-0.05, 0) is 50.6 Å². The normalized spacial score (nSPS) is 24.7. The lowest BCUT2D eigenvalue weighted by atomic mass is 9.97. The molecular weight excluding hydrogens is 244 g/mol. The summed E-state index contributed by atoms with van der Waals surface area (Å²) in [6.45, 7) is 4.30. The van der Waals surface area contributed by atoms with Crippen molar-refractivity contribution < 1.29 is 4.79 Å². The second kappa shape index (κ2) is 4.43. The van der Waals surface area contributed by atoms with Gasteiger partial charge in [-0.15, -0.1) is 11.3 Å². The van der Waals surface area contributed by atoms with Gasteiger partial charge < -0.3 is 9.88 Å². The van der Waals surface area contributed by atoms with E-state index < -0.39 is 0 Å². The molecule has 2 aromatic heterocycles. The van der Waals surface area contributed by atoms with Gasteiger partial charge in [0.1, 0.15) is 5.69 Å². The number of hydrogen-bond donors (Lipinski definition) is 1. The Hall–Kier alpha value is -1.29. The van der Waals surface area contributed by atoms with Gasteiger partial charge in [0.15, 0.2) is 0 Å². The number of H-pyrrole nitrogens is 1. The Bertz CT molecular complexity index is 533. The second-order valence-corrected chi connectivity index (χ2v) is 6.17. The molecule has 0 spiro atoms. The van der Waals surface area contributed by atoms with E-state index in [0.29, 0.717) is 12.1 Å². The number of thiophene rings is 1. The lowest BCUT2D eigenvalue weighted by molar-refractivity contribution is 0.0505. The van der Waals surface area contributed by atoms with Crippen LogP contribution in [0.5, 0.6) is 0 Å². The average Bonchev–Trinajstić information content (AvgIpc) is 2.88. The molecule has 1 aliphatic heterocycles. The van der Waals surface area contributed by atoms with Gasteiger partial charge in [0.05, 0.1) is 10.2 Å². The number of piperidine rings is 1. The van der Waals surface area contributed by atoms with Crippen LogP contribution in [-0.4, -0.2) is 27.9 Å². The minimum atomic E-state index is 0.151. The summed E-state index contributed by atoms with van der Waals surface area (Å²) < 4.78 is 1.16. The Kier molecular flexibility index (Phi) is 2.90. The highest BCUT2D eigenvalue weighted by Gasteiger charge is 2.30. The largest absolute Gasteiger partial charge is 0.350 e. The minimum absolute atomic E-state index is 0.151. The monoisotopic (exact) mass is 262 g/mol. The topological polar surface area (TPSA) is 36.1 Å². The summed E-state index contributed by atoms with van der Waals surface area (Å²) in [5, 5.41) is 2.04. The average molecular weight is 262 g/mol. The zero-order valence-corrected chi connectivity index (χ0v) is 11.6. The van der Waals surface area contributed by atoms with E-state index in [0.717, 1.165) is 28.8 Å². The lowest BCUT2D eigenvalue weighted by Gasteiger charge is -2.38. The van der Waals surface area contributed by atoms with Gasteiger partial charge in [0, 0.05) is 12.1 Å². The number of hydrogen-bond acceptors (Lipinski definition) is 2. The first-order valence-corrected chi connectivity index (χ1v) is 7.43. The summed E-state index contributed by atoms with van der Waals surface area (Å²) in [5.74, 6) is 0.151. The lowest BCUT2D eigenvalue weighted by Crippen LogP contribution is -2.47. The molecule has 3 heterocycles. The van der Waals surface area contributed by atoms with Crippen molar-refractivity contribution in [3.05, 3.63) is 23.2 Å². The fourth-order valence-corrected chi connectivity index (χ4v) is 3.71. The number of aromatic nitrogens is 1. The van der Waals surface area contributed by atoms with Crippen molar-refractivity contribution in [3.8, 4) is 0 Å². The maximum Gasteiger partial charge on any atom is 0.270 e. The molecule has 4 heteroatoms. The summed E-state index contributed by atoms with van der Waals surface area (Å²) in [6, 6.07) is 4.71. The van der Waals surface area contributed by atoms with Crippen molar-refractivity contribution in [1.29, 1.82) is 0 Å². The van der Waals surface area contributed by atoms with Gasteiger partial charge in [-0.1, -0.05) is 0 Å². The van der Waals surface area contributed by atoms with Crippen LogP contribution in [0.15, 0.2) is 17.5 Å². The molecule has 2 atom stereocenters. The molecule has 1 amide bonds. The van der Waals surface area contributed by atoms with Crippen LogP contribution in [0.25, 0.3) is 10.2 Å². The van der Waals surface area contributed by atoms with Crippen LogP contribution in [0.4, 0.5) is 0 Å². The van der Waals surface area contributed by atoms with E-state index in [9.17, 15) is 4.79 Å². The summed E-state index contributed by atoms with van der Waals surface area (Å²) in [7, 11) is 0. The van der Waals surface area contributed by atoms with Crippen molar-refractivity contribution in [3.63, 3.8) is 0 Å². The van der Waals surface area contributed by atoms with Crippen LogP contribution in [0.3, 0.4) is 0 Å². The predicted molar refractivity (Wildman–Crippen MR) is 75.1 cm³/mol. The molecule has 0 radical (unpaired) electrons. The van der Waals surface area contributed by atoms with Crippen molar-refractivity contribution in [2.24, 2.45) is 0 Å². The van der Waals surface area contributed by atoms with Crippen molar-refractivity contribution >= 4 is 27.5 Å². The Labute approximate surface area is 111 Å². The number of fused-ring (bicyclic) bond motifs is 1. The highest BCUT2D eigenvalue weighted by atomic mass is 32.1. The molecule has 1 saturated heterocycles. The molecule has 1 fully saturated rings. The number of carbonyl (C=O) groups is 1. The quantitative estimate of drug-likeness (QED) is 0.837. The van der Waals surface area contributed by atoms with Crippen LogP contribution < -0.4 is 0 Å². The van der Waals surface area contributed by atoms with Crippen LogP contribution in [0.1, 0.15) is 43.6 Å². The standard InChI is InChI=1S/C14H18N2OS/c1-9-4-3-5-10(2)16(9)14(17)12-8-13-11(15-12)6-7-18-13/h6-10,15H,3-5H2,1-2H3. The molecule has 2 aromatic rings. The molecule has 1 N–H and O–H groups in total. The van der Waals surface area contributed by atoms with Gasteiger partial charge in [-0.2, -0.15) is 0 Å². The Morgan fingerprint density at radius 1 is 1.39 bits per heavy atom.